The summed E-state index contributed by atoms with van der Waals surface area (Å²) in [6.45, 7) is 0. The van der Waals surface area contributed by atoms with Crippen LogP contribution in [0, 0.1) is 0 Å². The summed E-state index contributed by atoms with van der Waals surface area (Å²) in [5.74, 6) is 0. The molecule has 0 bridgehead atoms. The van der Waals surface area contributed by atoms with Crippen molar-refractivity contribution >= 4 is 29.2 Å². The Morgan fingerprint density at radius 3 is 2.00 bits per heavy atom. The normalized spacial score (nSPS) is 11.0. The third kappa shape index (κ3) is 3.35. The van der Waals surface area contributed by atoms with Crippen molar-refractivity contribution in [2.24, 2.45) is 0 Å². The second-order valence-corrected chi connectivity index (χ2v) is 9.61. The van der Waals surface area contributed by atoms with Crippen molar-refractivity contribution in [1.29, 1.82) is 0 Å². The molecule has 2 heteroatoms. The molecule has 0 atom stereocenters. The molecular formula is C25H17NTe. The Hall–Kier alpha value is -2.66. The summed E-state index contributed by atoms with van der Waals surface area (Å²) < 4.78 is 2.93. The van der Waals surface area contributed by atoms with Gasteiger partial charge >= 0.3 is 169 Å². The van der Waals surface area contributed by atoms with Crippen LogP contribution in [0.5, 0.6) is 0 Å². The second-order valence-electron chi connectivity index (χ2n) is 6.52. The average molecular weight is 459 g/mol. The van der Waals surface area contributed by atoms with E-state index in [1.54, 1.807) is 0 Å². The summed E-state index contributed by atoms with van der Waals surface area (Å²) in [5.41, 5.74) is 6.07. The van der Waals surface area contributed by atoms with E-state index >= 15 is 0 Å². The molecule has 0 aliphatic carbocycles. The number of nitrogens with zero attached hydrogens (tertiary/aromatic N) is 1. The molecule has 0 radical (unpaired) electrons. The van der Waals surface area contributed by atoms with Crippen molar-refractivity contribution in [3.8, 4) is 31.5 Å². The maximum atomic E-state index is 4.66. The Balaban J connectivity index is 1.50. The van der Waals surface area contributed by atoms with E-state index in [9.17, 15) is 0 Å². The fourth-order valence-electron chi connectivity index (χ4n) is 3.34. The first-order chi connectivity index (χ1) is 13.4. The Kier molecular flexibility index (Phi) is 4.38. The van der Waals surface area contributed by atoms with Gasteiger partial charge in [0.05, 0.1) is 0 Å². The Bertz CT molecular complexity index is 1170. The minimum absolute atomic E-state index is 0.342. The van der Waals surface area contributed by atoms with Crippen LogP contribution in [0.1, 0.15) is 0 Å². The number of benzene rings is 3. The van der Waals surface area contributed by atoms with Crippen LogP contribution in [-0.2, 0) is 0 Å². The maximum absolute atomic E-state index is 4.66. The van der Waals surface area contributed by atoms with Gasteiger partial charge in [0.15, 0.2) is 0 Å². The summed E-state index contributed by atoms with van der Waals surface area (Å²) in [4.78, 5) is 4.66. The van der Waals surface area contributed by atoms with E-state index in [1.165, 1.54) is 34.6 Å². The number of aromatic nitrogens is 1. The molecule has 0 saturated heterocycles. The van der Waals surface area contributed by atoms with E-state index in [2.05, 4.69) is 102 Å². The van der Waals surface area contributed by atoms with Crippen molar-refractivity contribution in [3.05, 3.63) is 103 Å². The standard InChI is InChI=1S/C25H17NTe/c1-2-6-18(7-3-1)19-10-12-20(13-11-19)21-14-15-26-23(16-21)25-17-22-8-4-5-9-24(22)27-25/h1-17H. The quantitative estimate of drug-likeness (QED) is 0.289. The molecule has 0 aliphatic rings. The van der Waals surface area contributed by atoms with Gasteiger partial charge in [-0.1, -0.05) is 0 Å². The fraction of sp³-hybridized carbons (Fsp3) is 0. The zero-order valence-electron chi connectivity index (χ0n) is 14.7. The molecule has 0 saturated carbocycles. The summed E-state index contributed by atoms with van der Waals surface area (Å²) in [6, 6.07) is 34.7. The van der Waals surface area contributed by atoms with E-state index in [0.29, 0.717) is 0 Å². The average Bonchev–Trinajstić information content (AvgIpc) is 3.19. The molecule has 5 aromatic rings. The summed E-state index contributed by atoms with van der Waals surface area (Å²) in [6.07, 6.45) is 1.94. The number of fused-ring (bicyclic) bond motifs is 1. The molecule has 0 spiro atoms. The second kappa shape index (κ2) is 7.16. The molecule has 0 fully saturated rings. The van der Waals surface area contributed by atoms with Crippen LogP contribution in [0.15, 0.2) is 103 Å². The van der Waals surface area contributed by atoms with Gasteiger partial charge in [-0.2, -0.15) is 0 Å². The first-order valence-corrected chi connectivity index (χ1v) is 11.3. The van der Waals surface area contributed by atoms with E-state index in [0.717, 1.165) is 5.69 Å². The zero-order valence-corrected chi connectivity index (χ0v) is 17.0. The molecule has 128 valence electrons. The fourth-order valence-corrected chi connectivity index (χ4v) is 6.28. The van der Waals surface area contributed by atoms with Crippen molar-refractivity contribution in [3.63, 3.8) is 0 Å². The summed E-state index contributed by atoms with van der Waals surface area (Å²) in [5, 5.41) is 1.37. The molecule has 3 aromatic carbocycles. The number of rotatable bonds is 3. The van der Waals surface area contributed by atoms with Gasteiger partial charge in [-0.3, -0.25) is 0 Å². The number of hydrogen-bond donors (Lipinski definition) is 0. The monoisotopic (exact) mass is 461 g/mol. The van der Waals surface area contributed by atoms with Crippen LogP contribution in [0.2, 0.25) is 0 Å². The Labute approximate surface area is 168 Å². The topological polar surface area (TPSA) is 12.9 Å². The van der Waals surface area contributed by atoms with E-state index in [1.807, 2.05) is 6.20 Å². The molecule has 0 amide bonds. The van der Waals surface area contributed by atoms with Gasteiger partial charge in [-0.15, -0.1) is 0 Å². The number of hydrogen-bond acceptors (Lipinski definition) is 1. The van der Waals surface area contributed by atoms with Crippen LogP contribution >= 0.6 is 0 Å². The van der Waals surface area contributed by atoms with Crippen LogP contribution in [0.3, 0.4) is 0 Å². The van der Waals surface area contributed by atoms with Crippen molar-refractivity contribution in [2.45, 2.75) is 0 Å². The predicted octanol–water partition coefficient (Wildman–Crippen LogP) is 6.29. The number of pyridine rings is 1. The molecule has 1 nitrogen and oxygen atoms in total. The van der Waals surface area contributed by atoms with Gasteiger partial charge < -0.3 is 0 Å². The van der Waals surface area contributed by atoms with Gasteiger partial charge in [0.25, 0.3) is 0 Å². The molecule has 27 heavy (non-hydrogen) atoms. The first-order valence-electron chi connectivity index (χ1n) is 8.98. The molecule has 0 aliphatic heterocycles. The SMILES string of the molecule is c1ccc(-c2ccc(-c3ccnc(-c4cc5ccccc5[te]4)c3)cc2)cc1. The van der Waals surface area contributed by atoms with Crippen LogP contribution < -0.4 is 0 Å². The zero-order chi connectivity index (χ0) is 18.1. The summed E-state index contributed by atoms with van der Waals surface area (Å²) >= 11 is -0.342. The van der Waals surface area contributed by atoms with Crippen LogP contribution in [0.4, 0.5) is 0 Å². The third-order valence-electron chi connectivity index (χ3n) is 4.76. The van der Waals surface area contributed by atoms with Crippen molar-refractivity contribution in [2.75, 3.05) is 0 Å². The van der Waals surface area contributed by atoms with E-state index in [-0.39, 0.29) is 20.4 Å². The van der Waals surface area contributed by atoms with Gasteiger partial charge in [0.1, 0.15) is 0 Å². The third-order valence-corrected chi connectivity index (χ3v) is 8.01. The van der Waals surface area contributed by atoms with Gasteiger partial charge in [0, 0.05) is 0 Å². The molecule has 2 heterocycles. The van der Waals surface area contributed by atoms with Crippen molar-refractivity contribution in [1.82, 2.24) is 4.98 Å². The van der Waals surface area contributed by atoms with E-state index in [4.69, 9.17) is 0 Å². The molecule has 5 rings (SSSR count). The Morgan fingerprint density at radius 2 is 1.22 bits per heavy atom. The molecule has 2 aromatic heterocycles. The Morgan fingerprint density at radius 1 is 0.556 bits per heavy atom. The van der Waals surface area contributed by atoms with E-state index < -0.39 is 0 Å². The molecular weight excluding hydrogens is 442 g/mol. The molecule has 0 N–H and O–H groups in total. The first kappa shape index (κ1) is 16.5. The van der Waals surface area contributed by atoms with Gasteiger partial charge in [-0.05, 0) is 0 Å². The van der Waals surface area contributed by atoms with Gasteiger partial charge in [-0.25, -0.2) is 0 Å². The van der Waals surface area contributed by atoms with Crippen molar-refractivity contribution < 1.29 is 0 Å². The van der Waals surface area contributed by atoms with Crippen LogP contribution in [-0.4, -0.2) is 25.4 Å². The van der Waals surface area contributed by atoms with Crippen LogP contribution in [0.25, 0.3) is 40.3 Å². The van der Waals surface area contributed by atoms with Gasteiger partial charge in [0.2, 0.25) is 0 Å². The molecule has 0 unspecified atom stereocenters. The summed E-state index contributed by atoms with van der Waals surface area (Å²) in [7, 11) is 0. The predicted molar refractivity (Wildman–Crippen MR) is 115 cm³/mol. The minimum atomic E-state index is -0.342.